The van der Waals surface area contributed by atoms with Gasteiger partial charge in [-0.1, -0.05) is 12.1 Å². The first-order chi connectivity index (χ1) is 12.1. The molecule has 8 nitrogen and oxygen atoms in total. The first-order valence-electron chi connectivity index (χ1n) is 7.19. The van der Waals surface area contributed by atoms with E-state index in [-0.39, 0.29) is 5.69 Å². The summed E-state index contributed by atoms with van der Waals surface area (Å²) in [5.41, 5.74) is 1.37. The number of aromatic amines is 1. The third-order valence-corrected chi connectivity index (χ3v) is 3.67. The van der Waals surface area contributed by atoms with Gasteiger partial charge in [-0.05, 0) is 36.5 Å². The van der Waals surface area contributed by atoms with E-state index < -0.39 is 4.92 Å². The molecule has 0 radical (unpaired) electrons. The number of hydrogen-bond acceptors (Lipinski definition) is 6. The van der Waals surface area contributed by atoms with Crippen molar-refractivity contribution < 1.29 is 9.66 Å². The second-order valence-corrected chi connectivity index (χ2v) is 5.38. The van der Waals surface area contributed by atoms with Gasteiger partial charge in [-0.3, -0.25) is 10.1 Å². The van der Waals surface area contributed by atoms with Crippen LogP contribution in [0.3, 0.4) is 0 Å². The summed E-state index contributed by atoms with van der Waals surface area (Å²) in [5.74, 6) is 1.25. The standard InChI is InChI=1S/C16H13N5O3S/c1-24-14-7-5-12(6-8-14)15-18-19-16(25)20(15)17-10-11-3-2-4-13(9-11)21(22)23/h2-10H,1H3,(H,19,25)/b17-10-. The van der Waals surface area contributed by atoms with Crippen LogP contribution in [0.1, 0.15) is 5.56 Å². The van der Waals surface area contributed by atoms with E-state index >= 15 is 0 Å². The van der Waals surface area contributed by atoms with Crippen LogP contribution in [-0.2, 0) is 0 Å². The summed E-state index contributed by atoms with van der Waals surface area (Å²) in [4.78, 5) is 10.4. The molecule has 0 unspecified atom stereocenters. The van der Waals surface area contributed by atoms with Crippen molar-refractivity contribution in [3.05, 3.63) is 69.0 Å². The van der Waals surface area contributed by atoms with E-state index in [1.807, 2.05) is 24.3 Å². The van der Waals surface area contributed by atoms with Gasteiger partial charge in [-0.15, -0.1) is 0 Å². The lowest BCUT2D eigenvalue weighted by Gasteiger charge is -2.03. The van der Waals surface area contributed by atoms with Crippen molar-refractivity contribution in [2.75, 3.05) is 7.11 Å². The van der Waals surface area contributed by atoms with Gasteiger partial charge in [-0.2, -0.15) is 14.9 Å². The number of methoxy groups -OCH3 is 1. The van der Waals surface area contributed by atoms with Crippen LogP contribution in [0.25, 0.3) is 11.4 Å². The lowest BCUT2D eigenvalue weighted by atomic mass is 10.2. The molecule has 0 saturated heterocycles. The Bertz CT molecular complexity index is 992. The second-order valence-electron chi connectivity index (χ2n) is 4.99. The maximum atomic E-state index is 10.8. The predicted molar refractivity (Wildman–Crippen MR) is 95.5 cm³/mol. The average Bonchev–Trinajstić information content (AvgIpc) is 3.01. The van der Waals surface area contributed by atoms with Crippen LogP contribution in [0, 0.1) is 14.9 Å². The van der Waals surface area contributed by atoms with Crippen LogP contribution < -0.4 is 4.74 Å². The van der Waals surface area contributed by atoms with E-state index in [9.17, 15) is 10.1 Å². The molecule has 0 bridgehead atoms. The number of nitro benzene ring substituents is 1. The Hall–Kier alpha value is -3.33. The molecule has 1 aromatic heterocycles. The van der Waals surface area contributed by atoms with E-state index in [4.69, 9.17) is 17.0 Å². The van der Waals surface area contributed by atoms with E-state index in [0.29, 0.717) is 16.2 Å². The third-order valence-electron chi connectivity index (χ3n) is 3.40. The number of nitrogens with zero attached hydrogens (tertiary/aromatic N) is 4. The van der Waals surface area contributed by atoms with Crippen LogP contribution >= 0.6 is 12.2 Å². The minimum atomic E-state index is -0.455. The topological polar surface area (TPSA) is 98.3 Å². The number of hydrogen-bond donors (Lipinski definition) is 1. The first-order valence-corrected chi connectivity index (χ1v) is 7.60. The number of non-ortho nitro benzene ring substituents is 1. The Labute approximate surface area is 147 Å². The van der Waals surface area contributed by atoms with E-state index in [1.165, 1.54) is 23.0 Å². The van der Waals surface area contributed by atoms with E-state index in [1.54, 1.807) is 19.2 Å². The maximum absolute atomic E-state index is 10.8. The van der Waals surface area contributed by atoms with E-state index in [0.717, 1.165) is 11.3 Å². The Morgan fingerprint density at radius 2 is 2.08 bits per heavy atom. The highest BCUT2D eigenvalue weighted by Crippen LogP contribution is 2.21. The molecule has 1 N–H and O–H groups in total. The highest BCUT2D eigenvalue weighted by molar-refractivity contribution is 7.71. The van der Waals surface area contributed by atoms with Crippen molar-refractivity contribution in [1.82, 2.24) is 14.9 Å². The fraction of sp³-hybridized carbons (Fsp3) is 0.0625. The number of benzene rings is 2. The first kappa shape index (κ1) is 16.5. The molecule has 3 rings (SSSR count). The quantitative estimate of drug-likeness (QED) is 0.327. The second kappa shape index (κ2) is 7.05. The summed E-state index contributed by atoms with van der Waals surface area (Å²) >= 11 is 5.20. The molecule has 0 atom stereocenters. The minimum absolute atomic E-state index is 0.00452. The zero-order valence-corrected chi connectivity index (χ0v) is 13.9. The molecule has 126 valence electrons. The lowest BCUT2D eigenvalue weighted by Crippen LogP contribution is -1.96. The molecule has 0 saturated carbocycles. The minimum Gasteiger partial charge on any atom is -0.497 e. The van der Waals surface area contributed by atoms with Gasteiger partial charge in [0.2, 0.25) is 4.77 Å². The van der Waals surface area contributed by atoms with Gasteiger partial charge < -0.3 is 4.74 Å². The Balaban J connectivity index is 1.95. The van der Waals surface area contributed by atoms with Crippen molar-refractivity contribution in [2.45, 2.75) is 0 Å². The largest absolute Gasteiger partial charge is 0.497 e. The Morgan fingerprint density at radius 3 is 2.76 bits per heavy atom. The molecule has 3 aromatic rings. The highest BCUT2D eigenvalue weighted by Gasteiger charge is 2.09. The molecule has 0 amide bonds. The normalized spacial score (nSPS) is 10.9. The number of ether oxygens (including phenoxy) is 1. The molecule has 0 aliphatic heterocycles. The van der Waals surface area contributed by atoms with Gasteiger partial charge in [0.15, 0.2) is 5.82 Å². The summed E-state index contributed by atoms with van der Waals surface area (Å²) in [6, 6.07) is 13.4. The average molecular weight is 355 g/mol. The van der Waals surface area contributed by atoms with Gasteiger partial charge in [0.1, 0.15) is 5.75 Å². The fourth-order valence-electron chi connectivity index (χ4n) is 2.17. The van der Waals surface area contributed by atoms with Gasteiger partial charge in [0, 0.05) is 23.3 Å². The summed E-state index contributed by atoms with van der Waals surface area (Å²) in [7, 11) is 1.59. The van der Waals surface area contributed by atoms with Crippen LogP contribution in [0.2, 0.25) is 0 Å². The molecule has 25 heavy (non-hydrogen) atoms. The summed E-state index contributed by atoms with van der Waals surface area (Å²) in [6.45, 7) is 0. The summed E-state index contributed by atoms with van der Waals surface area (Å²) < 4.78 is 6.90. The summed E-state index contributed by atoms with van der Waals surface area (Å²) in [6.07, 6.45) is 1.49. The van der Waals surface area contributed by atoms with Gasteiger partial charge >= 0.3 is 0 Å². The molecule has 1 heterocycles. The zero-order chi connectivity index (χ0) is 17.8. The lowest BCUT2D eigenvalue weighted by molar-refractivity contribution is -0.384. The molecular formula is C16H13N5O3S. The van der Waals surface area contributed by atoms with Crippen LogP contribution in [-0.4, -0.2) is 33.1 Å². The number of rotatable bonds is 5. The SMILES string of the molecule is COc1ccc(-c2n[nH]c(=S)n2/N=C\c2cccc([N+](=O)[O-])c2)cc1. The Kier molecular flexibility index (Phi) is 4.66. The van der Waals surface area contributed by atoms with Crippen molar-refractivity contribution in [3.63, 3.8) is 0 Å². The van der Waals surface area contributed by atoms with E-state index in [2.05, 4.69) is 15.3 Å². The monoisotopic (exact) mass is 355 g/mol. The molecular weight excluding hydrogens is 342 g/mol. The number of nitro groups is 1. The number of H-pyrrole nitrogens is 1. The van der Waals surface area contributed by atoms with Crippen molar-refractivity contribution in [1.29, 1.82) is 0 Å². The Morgan fingerprint density at radius 1 is 1.32 bits per heavy atom. The van der Waals surface area contributed by atoms with Crippen molar-refractivity contribution in [3.8, 4) is 17.1 Å². The van der Waals surface area contributed by atoms with Crippen LogP contribution in [0.5, 0.6) is 5.75 Å². The van der Waals surface area contributed by atoms with Crippen LogP contribution in [0.4, 0.5) is 5.69 Å². The molecule has 2 aromatic carbocycles. The third kappa shape index (κ3) is 3.61. The summed E-state index contributed by atoms with van der Waals surface area (Å²) in [5, 5.41) is 22.0. The van der Waals surface area contributed by atoms with Gasteiger partial charge in [-0.25, -0.2) is 5.10 Å². The molecule has 0 fully saturated rings. The molecule has 0 aliphatic rings. The van der Waals surface area contributed by atoms with Crippen molar-refractivity contribution in [2.24, 2.45) is 5.10 Å². The molecule has 0 aliphatic carbocycles. The molecule has 9 heteroatoms. The van der Waals surface area contributed by atoms with Gasteiger partial charge in [0.05, 0.1) is 18.2 Å². The van der Waals surface area contributed by atoms with Crippen molar-refractivity contribution >= 4 is 24.1 Å². The van der Waals surface area contributed by atoms with Crippen LogP contribution in [0.15, 0.2) is 53.6 Å². The highest BCUT2D eigenvalue weighted by atomic mass is 32.1. The smallest absolute Gasteiger partial charge is 0.270 e. The van der Waals surface area contributed by atoms with Gasteiger partial charge in [0.25, 0.3) is 5.69 Å². The predicted octanol–water partition coefficient (Wildman–Crippen LogP) is 3.41. The number of nitrogens with one attached hydrogen (secondary N) is 1. The zero-order valence-electron chi connectivity index (χ0n) is 13.1. The maximum Gasteiger partial charge on any atom is 0.270 e. The number of aromatic nitrogens is 3. The fourth-order valence-corrected chi connectivity index (χ4v) is 2.35. The molecule has 0 spiro atoms.